The van der Waals surface area contributed by atoms with Crippen molar-refractivity contribution in [2.24, 2.45) is 17.6 Å². The molecule has 1 aliphatic rings. The highest BCUT2D eigenvalue weighted by Crippen LogP contribution is 2.19. The van der Waals surface area contributed by atoms with E-state index < -0.39 is 47.8 Å². The normalized spacial score (nSPS) is 25.0. The summed E-state index contributed by atoms with van der Waals surface area (Å²) in [4.78, 5) is 64.4. The fourth-order valence-electron chi connectivity index (χ4n) is 4.25. The number of benzene rings is 1. The molecule has 0 saturated carbocycles. The van der Waals surface area contributed by atoms with Crippen LogP contribution in [0.2, 0.25) is 0 Å². The fourth-order valence-corrected chi connectivity index (χ4v) is 6.16. The number of hydrogen-bond donors (Lipinski definition) is 5. The molecule has 41 heavy (non-hydrogen) atoms. The van der Waals surface area contributed by atoms with Gasteiger partial charge in [0.2, 0.25) is 29.5 Å². The summed E-state index contributed by atoms with van der Waals surface area (Å²) in [5.74, 6) is -0.349. The number of carbonyl (C=O) groups excluding carboxylic acids is 5. The number of nitrogens with two attached hydrogens (primary N) is 1. The van der Waals surface area contributed by atoms with E-state index in [1.165, 1.54) is 11.8 Å². The zero-order valence-corrected chi connectivity index (χ0v) is 26.3. The lowest BCUT2D eigenvalue weighted by Gasteiger charge is -2.29. The summed E-state index contributed by atoms with van der Waals surface area (Å²) in [5, 5.41) is 11.0. The number of amides is 5. The summed E-state index contributed by atoms with van der Waals surface area (Å²) in [7, 11) is 0. The standard InChI is InChI=1S/C29H45N5O5S2/c1-6-18(4)25-29(39)33-23(26(30)36)16-41-15-21-9-7-8-20(13-21)14-40-11-10-24(35)31-19(5)27(37)32-22(12-17(2)3)28(38)34-25/h7-9,13,17-19,22-23,25H,6,10-12,14-16H2,1-5H3,(H2,30,36)(H,31,35)(H,32,37)(H,33,39)(H,34,38)/t18-,19+,22-,23-,25-/m0/s1. The number of thioether (sulfide) groups is 2. The molecule has 10 nitrogen and oxygen atoms in total. The molecule has 1 aromatic rings. The number of fused-ring (bicyclic) bond motifs is 2. The van der Waals surface area contributed by atoms with Crippen molar-refractivity contribution >= 4 is 53.1 Å². The van der Waals surface area contributed by atoms with Crippen LogP contribution in [0.15, 0.2) is 24.3 Å². The predicted octanol–water partition coefficient (Wildman–Crippen LogP) is 2.09. The summed E-state index contributed by atoms with van der Waals surface area (Å²) < 4.78 is 0. The van der Waals surface area contributed by atoms with Gasteiger partial charge < -0.3 is 27.0 Å². The number of rotatable bonds is 5. The first-order chi connectivity index (χ1) is 19.4. The SMILES string of the molecule is CC[C@H](C)[C@@H]1NC(=O)[C@H](CC(C)C)NC(=O)[C@@H](C)NC(=O)CCSCc2cccc(c2)CSC[C@@H](C(N)=O)NC1=O. The Morgan fingerprint density at radius 2 is 1.61 bits per heavy atom. The summed E-state index contributed by atoms with van der Waals surface area (Å²) in [6.45, 7) is 9.16. The van der Waals surface area contributed by atoms with Crippen LogP contribution >= 0.6 is 23.5 Å². The number of hydrogen-bond acceptors (Lipinski definition) is 7. The maximum atomic E-state index is 13.4. The van der Waals surface area contributed by atoms with Crippen molar-refractivity contribution in [1.82, 2.24) is 21.3 Å². The molecule has 0 saturated heterocycles. The second kappa shape index (κ2) is 17.3. The third kappa shape index (κ3) is 12.0. The van der Waals surface area contributed by atoms with Crippen LogP contribution in [0.3, 0.4) is 0 Å². The molecule has 0 aromatic heterocycles. The molecule has 5 amide bonds. The van der Waals surface area contributed by atoms with Crippen LogP contribution in [-0.4, -0.2) is 65.2 Å². The van der Waals surface area contributed by atoms with Crippen LogP contribution in [-0.2, 0) is 35.5 Å². The van der Waals surface area contributed by atoms with E-state index in [0.29, 0.717) is 24.3 Å². The van der Waals surface area contributed by atoms with E-state index >= 15 is 0 Å². The molecule has 0 aliphatic carbocycles. The van der Waals surface area contributed by atoms with E-state index in [2.05, 4.69) is 27.3 Å². The molecule has 12 heteroatoms. The van der Waals surface area contributed by atoms with Crippen molar-refractivity contribution in [3.63, 3.8) is 0 Å². The van der Waals surface area contributed by atoms with Gasteiger partial charge in [0, 0.05) is 29.4 Å². The van der Waals surface area contributed by atoms with Crippen molar-refractivity contribution < 1.29 is 24.0 Å². The molecule has 0 unspecified atom stereocenters. The Morgan fingerprint density at radius 1 is 0.951 bits per heavy atom. The molecule has 2 rings (SSSR count). The Labute approximate surface area is 251 Å². The molecular weight excluding hydrogens is 562 g/mol. The van der Waals surface area contributed by atoms with Gasteiger partial charge in [-0.1, -0.05) is 58.4 Å². The molecular formula is C29H45N5O5S2. The highest BCUT2D eigenvalue weighted by Gasteiger charge is 2.32. The molecule has 1 aliphatic heterocycles. The van der Waals surface area contributed by atoms with E-state index in [0.717, 1.165) is 16.9 Å². The topological polar surface area (TPSA) is 159 Å². The van der Waals surface area contributed by atoms with Gasteiger partial charge in [0.25, 0.3) is 0 Å². The van der Waals surface area contributed by atoms with Gasteiger partial charge in [-0.05, 0) is 36.3 Å². The Bertz CT molecular complexity index is 1070. The molecule has 2 bridgehead atoms. The first kappa shape index (κ1) is 34.5. The predicted molar refractivity (Wildman–Crippen MR) is 165 cm³/mol. The minimum absolute atomic E-state index is 0.0678. The quantitative estimate of drug-likeness (QED) is 0.343. The first-order valence-corrected chi connectivity index (χ1v) is 16.4. The Hall–Kier alpha value is -2.73. The van der Waals surface area contributed by atoms with E-state index in [1.807, 2.05) is 45.9 Å². The van der Waals surface area contributed by atoms with Crippen LogP contribution < -0.4 is 27.0 Å². The average molecular weight is 608 g/mol. The second-order valence-corrected chi connectivity index (χ2v) is 13.1. The Morgan fingerprint density at radius 3 is 2.22 bits per heavy atom. The van der Waals surface area contributed by atoms with Crippen LogP contribution in [0.5, 0.6) is 0 Å². The molecule has 228 valence electrons. The largest absolute Gasteiger partial charge is 0.368 e. The smallest absolute Gasteiger partial charge is 0.243 e. The van der Waals surface area contributed by atoms with Gasteiger partial charge in [-0.2, -0.15) is 23.5 Å². The number of primary amides is 1. The van der Waals surface area contributed by atoms with Gasteiger partial charge in [-0.25, -0.2) is 0 Å². The monoisotopic (exact) mass is 607 g/mol. The molecule has 6 N–H and O–H groups in total. The van der Waals surface area contributed by atoms with Gasteiger partial charge in [-0.15, -0.1) is 0 Å². The first-order valence-electron chi connectivity index (χ1n) is 14.1. The molecule has 0 fully saturated rings. The van der Waals surface area contributed by atoms with Crippen molar-refractivity contribution in [2.45, 2.75) is 89.6 Å². The highest BCUT2D eigenvalue weighted by molar-refractivity contribution is 7.98. The van der Waals surface area contributed by atoms with Gasteiger partial charge >= 0.3 is 0 Å². The number of nitrogens with one attached hydrogen (secondary N) is 4. The Balaban J connectivity index is 2.32. The maximum absolute atomic E-state index is 13.4. The molecule has 1 heterocycles. The summed E-state index contributed by atoms with van der Waals surface area (Å²) >= 11 is 3.10. The van der Waals surface area contributed by atoms with Crippen LogP contribution in [0.4, 0.5) is 0 Å². The maximum Gasteiger partial charge on any atom is 0.243 e. The van der Waals surface area contributed by atoms with Crippen molar-refractivity contribution in [1.29, 1.82) is 0 Å². The highest BCUT2D eigenvalue weighted by atomic mass is 32.2. The van der Waals surface area contributed by atoms with Crippen molar-refractivity contribution in [2.75, 3.05) is 11.5 Å². The third-order valence-electron chi connectivity index (χ3n) is 6.85. The van der Waals surface area contributed by atoms with Gasteiger partial charge in [0.05, 0.1) is 0 Å². The minimum atomic E-state index is -0.935. The van der Waals surface area contributed by atoms with E-state index in [9.17, 15) is 24.0 Å². The Kier molecular flexibility index (Phi) is 14.5. The minimum Gasteiger partial charge on any atom is -0.368 e. The molecule has 1 aromatic carbocycles. The molecule has 0 spiro atoms. The van der Waals surface area contributed by atoms with Crippen LogP contribution in [0, 0.1) is 11.8 Å². The lowest BCUT2D eigenvalue weighted by molar-refractivity contribution is -0.135. The summed E-state index contributed by atoms with van der Waals surface area (Å²) in [6.07, 6.45) is 1.19. The average Bonchev–Trinajstić information content (AvgIpc) is 2.91. The second-order valence-electron chi connectivity index (χ2n) is 11.0. The van der Waals surface area contributed by atoms with Crippen LogP contribution in [0.25, 0.3) is 0 Å². The zero-order chi connectivity index (χ0) is 30.5. The molecule has 0 radical (unpaired) electrons. The van der Waals surface area contributed by atoms with Gasteiger partial charge in [-0.3, -0.25) is 24.0 Å². The van der Waals surface area contributed by atoms with E-state index in [-0.39, 0.29) is 29.9 Å². The van der Waals surface area contributed by atoms with Crippen molar-refractivity contribution in [3.8, 4) is 0 Å². The van der Waals surface area contributed by atoms with Gasteiger partial charge in [0.1, 0.15) is 24.2 Å². The summed E-state index contributed by atoms with van der Waals surface area (Å²) in [5.41, 5.74) is 7.82. The third-order valence-corrected chi connectivity index (χ3v) is 8.99. The molecule has 5 atom stereocenters. The number of carbonyl (C=O) groups is 5. The van der Waals surface area contributed by atoms with E-state index in [1.54, 1.807) is 18.7 Å². The van der Waals surface area contributed by atoms with Crippen LogP contribution in [0.1, 0.15) is 65.0 Å². The van der Waals surface area contributed by atoms with E-state index in [4.69, 9.17) is 5.73 Å². The lowest BCUT2D eigenvalue weighted by Crippen LogP contribution is -2.59. The fraction of sp³-hybridized carbons (Fsp3) is 0.621. The zero-order valence-electron chi connectivity index (χ0n) is 24.7. The summed E-state index contributed by atoms with van der Waals surface area (Å²) in [6, 6.07) is 4.47. The lowest BCUT2D eigenvalue weighted by atomic mass is 9.96. The van der Waals surface area contributed by atoms with Crippen molar-refractivity contribution in [3.05, 3.63) is 35.4 Å². The van der Waals surface area contributed by atoms with Gasteiger partial charge in [0.15, 0.2) is 0 Å².